The first-order valence-corrected chi connectivity index (χ1v) is 9.30. The van der Waals surface area contributed by atoms with Crippen LogP contribution in [0, 0.1) is 0 Å². The first-order chi connectivity index (χ1) is 13.0. The van der Waals surface area contributed by atoms with Gasteiger partial charge in [-0.3, -0.25) is 4.79 Å². The summed E-state index contributed by atoms with van der Waals surface area (Å²) in [6.07, 6.45) is 1.80. The predicted molar refractivity (Wildman–Crippen MR) is 103 cm³/mol. The molecule has 1 aliphatic heterocycles. The molecular weight excluding hydrogens is 366 g/mol. The lowest BCUT2D eigenvalue weighted by atomic mass is 9.74. The summed E-state index contributed by atoms with van der Waals surface area (Å²) in [5.74, 6) is -1.08. The van der Waals surface area contributed by atoms with Crippen molar-refractivity contribution in [3.8, 4) is 0 Å². The van der Waals surface area contributed by atoms with Gasteiger partial charge in [-0.15, -0.1) is 0 Å². The molecule has 5 nitrogen and oxygen atoms in total. The van der Waals surface area contributed by atoms with Gasteiger partial charge in [-0.1, -0.05) is 41.9 Å². The molecule has 1 aliphatic rings. The van der Waals surface area contributed by atoms with E-state index in [0.29, 0.717) is 24.8 Å². The molecule has 0 aliphatic carbocycles. The Balaban J connectivity index is 1.67. The Labute approximate surface area is 163 Å². The highest BCUT2D eigenvalue weighted by atomic mass is 35.5. The van der Waals surface area contributed by atoms with Crippen LogP contribution in [0.15, 0.2) is 48.5 Å². The van der Waals surface area contributed by atoms with Crippen molar-refractivity contribution < 1.29 is 19.4 Å². The maximum absolute atomic E-state index is 12.4. The molecule has 142 valence electrons. The van der Waals surface area contributed by atoms with Gasteiger partial charge in [0.05, 0.1) is 12.0 Å². The Morgan fingerprint density at radius 3 is 2.37 bits per heavy atom. The Morgan fingerprint density at radius 1 is 1.07 bits per heavy atom. The van der Waals surface area contributed by atoms with Crippen molar-refractivity contribution in [1.82, 2.24) is 5.32 Å². The Bertz CT molecular complexity index is 813. The number of ether oxygens (including phenoxy) is 1. The van der Waals surface area contributed by atoms with E-state index in [2.05, 4.69) is 5.32 Å². The van der Waals surface area contributed by atoms with Crippen LogP contribution in [0.3, 0.4) is 0 Å². The fraction of sp³-hybridized carbons (Fsp3) is 0.333. The second kappa shape index (κ2) is 8.55. The fourth-order valence-electron chi connectivity index (χ4n) is 3.48. The van der Waals surface area contributed by atoms with E-state index < -0.39 is 5.97 Å². The molecule has 1 amide bonds. The molecule has 0 atom stereocenters. The molecule has 0 bridgehead atoms. The molecule has 1 saturated heterocycles. The summed E-state index contributed by atoms with van der Waals surface area (Å²) in [6, 6.07) is 14.1. The summed E-state index contributed by atoms with van der Waals surface area (Å²) < 4.78 is 5.52. The quantitative estimate of drug-likeness (QED) is 0.796. The highest BCUT2D eigenvalue weighted by Gasteiger charge is 2.36. The van der Waals surface area contributed by atoms with Crippen molar-refractivity contribution in [2.24, 2.45) is 0 Å². The highest BCUT2D eigenvalue weighted by molar-refractivity contribution is 6.31. The van der Waals surface area contributed by atoms with E-state index in [0.717, 1.165) is 24.0 Å². The van der Waals surface area contributed by atoms with Gasteiger partial charge < -0.3 is 15.2 Å². The minimum absolute atomic E-state index is 0.101. The molecule has 0 unspecified atom stereocenters. The molecule has 2 aromatic carbocycles. The van der Waals surface area contributed by atoms with Crippen LogP contribution in [0.5, 0.6) is 0 Å². The van der Waals surface area contributed by atoms with Crippen LogP contribution in [0.4, 0.5) is 0 Å². The molecule has 27 heavy (non-hydrogen) atoms. The van der Waals surface area contributed by atoms with E-state index in [1.807, 2.05) is 24.3 Å². The Kier molecular flexibility index (Phi) is 6.14. The molecule has 0 spiro atoms. The second-order valence-corrected chi connectivity index (χ2v) is 7.24. The number of hydrogen-bond acceptors (Lipinski definition) is 3. The van der Waals surface area contributed by atoms with Gasteiger partial charge in [-0.05, 0) is 42.2 Å². The third-order valence-corrected chi connectivity index (χ3v) is 5.41. The number of carboxylic acids is 1. The number of rotatable bonds is 6. The smallest absolute Gasteiger partial charge is 0.335 e. The zero-order valence-corrected chi connectivity index (χ0v) is 15.7. The maximum atomic E-state index is 12.4. The summed E-state index contributed by atoms with van der Waals surface area (Å²) in [5, 5.41) is 12.7. The van der Waals surface area contributed by atoms with Crippen LogP contribution in [-0.4, -0.2) is 36.7 Å². The molecule has 0 aromatic heterocycles. The van der Waals surface area contributed by atoms with Crippen LogP contribution in [-0.2, 0) is 21.4 Å². The molecular formula is C21H22ClNO4. The number of carboxylic acid groups (broad SMARTS) is 1. The number of hydrogen-bond donors (Lipinski definition) is 2. The van der Waals surface area contributed by atoms with E-state index >= 15 is 0 Å². The number of halogens is 1. The second-order valence-electron chi connectivity index (χ2n) is 6.83. The largest absolute Gasteiger partial charge is 0.478 e. The number of nitrogens with one attached hydrogen (secondary N) is 1. The summed E-state index contributed by atoms with van der Waals surface area (Å²) >= 11 is 6.43. The van der Waals surface area contributed by atoms with Crippen molar-refractivity contribution in [3.63, 3.8) is 0 Å². The molecule has 2 aromatic rings. The molecule has 6 heteroatoms. The van der Waals surface area contributed by atoms with Crippen molar-refractivity contribution in [1.29, 1.82) is 0 Å². The van der Waals surface area contributed by atoms with Gasteiger partial charge in [0.15, 0.2) is 0 Å². The average molecular weight is 388 g/mol. The number of aromatic carboxylic acids is 1. The Hall–Kier alpha value is -2.37. The van der Waals surface area contributed by atoms with E-state index in [4.69, 9.17) is 21.4 Å². The summed E-state index contributed by atoms with van der Waals surface area (Å²) in [7, 11) is 0. The van der Waals surface area contributed by atoms with Crippen molar-refractivity contribution in [3.05, 3.63) is 70.2 Å². The monoisotopic (exact) mass is 387 g/mol. The average Bonchev–Trinajstić information content (AvgIpc) is 2.68. The fourth-order valence-corrected chi connectivity index (χ4v) is 3.81. The third-order valence-electron chi connectivity index (χ3n) is 5.08. The first kappa shape index (κ1) is 19.4. The third kappa shape index (κ3) is 4.67. The molecule has 2 N–H and O–H groups in total. The van der Waals surface area contributed by atoms with Gasteiger partial charge >= 0.3 is 5.97 Å². The summed E-state index contributed by atoms with van der Waals surface area (Å²) in [4.78, 5) is 23.4. The van der Waals surface area contributed by atoms with Crippen LogP contribution >= 0.6 is 11.6 Å². The molecule has 1 heterocycles. The summed E-state index contributed by atoms with van der Waals surface area (Å²) in [5.41, 5.74) is 1.79. The van der Waals surface area contributed by atoms with Crippen LogP contribution in [0.1, 0.15) is 34.3 Å². The number of benzene rings is 2. The maximum Gasteiger partial charge on any atom is 0.335 e. The normalized spacial score (nSPS) is 15.9. The van der Waals surface area contributed by atoms with Gasteiger partial charge in [0, 0.05) is 30.2 Å². The lowest BCUT2D eigenvalue weighted by molar-refractivity contribution is -0.121. The van der Waals surface area contributed by atoms with Gasteiger partial charge in [-0.25, -0.2) is 4.79 Å². The highest BCUT2D eigenvalue weighted by Crippen LogP contribution is 2.38. The molecule has 0 radical (unpaired) electrons. The van der Waals surface area contributed by atoms with Crippen molar-refractivity contribution >= 4 is 23.5 Å². The van der Waals surface area contributed by atoms with Crippen LogP contribution in [0.2, 0.25) is 5.02 Å². The standard InChI is InChI=1S/C21H22ClNO4/c22-18-4-2-1-3-17(18)21(9-11-27-12-10-21)14-23-19(24)13-15-5-7-16(8-6-15)20(25)26/h1-8H,9-14H2,(H,23,24)(H,25,26). The Morgan fingerprint density at radius 2 is 1.74 bits per heavy atom. The lowest BCUT2D eigenvalue weighted by Crippen LogP contribution is -2.45. The lowest BCUT2D eigenvalue weighted by Gasteiger charge is -2.38. The molecule has 1 fully saturated rings. The number of carbonyl (C=O) groups is 2. The van der Waals surface area contributed by atoms with Crippen LogP contribution in [0.25, 0.3) is 0 Å². The zero-order valence-electron chi connectivity index (χ0n) is 14.9. The minimum atomic E-state index is -0.979. The van der Waals surface area contributed by atoms with E-state index in [1.54, 1.807) is 12.1 Å². The first-order valence-electron chi connectivity index (χ1n) is 8.92. The number of carbonyl (C=O) groups excluding carboxylic acids is 1. The zero-order chi connectivity index (χ0) is 19.3. The summed E-state index contributed by atoms with van der Waals surface area (Å²) in [6.45, 7) is 1.77. The van der Waals surface area contributed by atoms with Crippen molar-refractivity contribution in [2.75, 3.05) is 19.8 Å². The van der Waals surface area contributed by atoms with Gasteiger partial charge in [0.25, 0.3) is 0 Å². The topological polar surface area (TPSA) is 75.6 Å². The van der Waals surface area contributed by atoms with Gasteiger partial charge in [-0.2, -0.15) is 0 Å². The number of amides is 1. The predicted octanol–water partition coefficient (Wildman–Crippen LogP) is 3.45. The van der Waals surface area contributed by atoms with Gasteiger partial charge in [0.1, 0.15) is 0 Å². The molecule has 0 saturated carbocycles. The SMILES string of the molecule is O=C(Cc1ccc(C(=O)O)cc1)NCC1(c2ccccc2Cl)CCOCC1. The van der Waals surface area contributed by atoms with E-state index in [1.165, 1.54) is 12.1 Å². The molecule has 3 rings (SSSR count). The van der Waals surface area contributed by atoms with E-state index in [-0.39, 0.29) is 23.3 Å². The van der Waals surface area contributed by atoms with Gasteiger partial charge in [0.2, 0.25) is 5.91 Å². The van der Waals surface area contributed by atoms with Crippen LogP contribution < -0.4 is 5.32 Å². The van der Waals surface area contributed by atoms with E-state index in [9.17, 15) is 9.59 Å². The van der Waals surface area contributed by atoms with Crippen molar-refractivity contribution in [2.45, 2.75) is 24.7 Å². The minimum Gasteiger partial charge on any atom is -0.478 e.